The van der Waals surface area contributed by atoms with Crippen LogP contribution >= 0.6 is 0 Å². The summed E-state index contributed by atoms with van der Waals surface area (Å²) in [6.45, 7) is 0. The first-order valence-electron chi connectivity index (χ1n) is 7.59. The first-order valence-corrected chi connectivity index (χ1v) is 7.59. The van der Waals surface area contributed by atoms with Crippen molar-refractivity contribution < 1.29 is 9.47 Å². The average Bonchev–Trinajstić information content (AvgIpc) is 3.15. The molecular formula is C18H17N3O2. The summed E-state index contributed by atoms with van der Waals surface area (Å²) in [7, 11) is 1.66. The van der Waals surface area contributed by atoms with Crippen molar-refractivity contribution in [2.75, 3.05) is 7.11 Å². The predicted molar refractivity (Wildman–Crippen MR) is 85.6 cm³/mol. The summed E-state index contributed by atoms with van der Waals surface area (Å²) < 4.78 is 13.5. The average molecular weight is 307 g/mol. The number of nitrogens with zero attached hydrogens (tertiary/aromatic N) is 3. The topological polar surface area (TPSA) is 49.2 Å². The Bertz CT molecular complexity index is 787. The van der Waals surface area contributed by atoms with Gasteiger partial charge in [0, 0.05) is 18.1 Å². The second kappa shape index (κ2) is 5.76. The third-order valence-electron chi connectivity index (χ3n) is 4.21. The Hall–Kier alpha value is -2.82. The van der Waals surface area contributed by atoms with E-state index in [0.717, 1.165) is 29.0 Å². The highest BCUT2D eigenvalue weighted by Crippen LogP contribution is 2.43. The van der Waals surface area contributed by atoms with E-state index in [1.807, 2.05) is 41.1 Å². The highest BCUT2D eigenvalue weighted by atomic mass is 16.5. The van der Waals surface area contributed by atoms with Gasteiger partial charge in [0.25, 0.3) is 0 Å². The molecule has 0 radical (unpaired) electrons. The van der Waals surface area contributed by atoms with Gasteiger partial charge in [-0.3, -0.25) is 0 Å². The largest absolute Gasteiger partial charge is 0.497 e. The molecule has 0 N–H and O–H groups in total. The van der Waals surface area contributed by atoms with Gasteiger partial charge in [0.1, 0.15) is 30.3 Å². The van der Waals surface area contributed by atoms with Crippen molar-refractivity contribution in [3.05, 3.63) is 72.3 Å². The van der Waals surface area contributed by atoms with Gasteiger partial charge in [0.2, 0.25) is 0 Å². The molecule has 0 spiro atoms. The predicted octanol–water partition coefficient (Wildman–Crippen LogP) is 3.40. The van der Waals surface area contributed by atoms with Gasteiger partial charge in [-0.25, -0.2) is 9.67 Å². The molecule has 5 heteroatoms. The lowest BCUT2D eigenvalue weighted by Gasteiger charge is -2.32. The second-order valence-corrected chi connectivity index (χ2v) is 5.55. The Kier molecular flexibility index (Phi) is 3.46. The monoisotopic (exact) mass is 307 g/mol. The zero-order valence-corrected chi connectivity index (χ0v) is 12.8. The normalized spacial score (nSPS) is 19.7. The molecule has 2 heterocycles. The van der Waals surface area contributed by atoms with Crippen molar-refractivity contribution in [1.29, 1.82) is 0 Å². The van der Waals surface area contributed by atoms with Crippen LogP contribution in [0, 0.1) is 0 Å². The van der Waals surface area contributed by atoms with Gasteiger partial charge in [-0.2, -0.15) is 5.10 Å². The lowest BCUT2D eigenvalue weighted by atomic mass is 9.93. The molecule has 0 aliphatic carbocycles. The fraction of sp³-hybridized carbons (Fsp3) is 0.222. The van der Waals surface area contributed by atoms with Crippen molar-refractivity contribution in [3.63, 3.8) is 0 Å². The van der Waals surface area contributed by atoms with E-state index in [1.54, 1.807) is 19.8 Å². The Morgan fingerprint density at radius 1 is 1.17 bits per heavy atom. The molecule has 1 aromatic heterocycles. The lowest BCUT2D eigenvalue weighted by Crippen LogP contribution is -2.24. The van der Waals surface area contributed by atoms with E-state index >= 15 is 0 Å². The number of rotatable bonds is 3. The van der Waals surface area contributed by atoms with Crippen molar-refractivity contribution >= 4 is 0 Å². The first kappa shape index (κ1) is 13.8. The molecule has 3 aromatic rings. The molecule has 2 atom stereocenters. The summed E-state index contributed by atoms with van der Waals surface area (Å²) in [5.74, 6) is 1.62. The minimum atomic E-state index is -0.0231. The van der Waals surface area contributed by atoms with E-state index in [-0.39, 0.29) is 12.1 Å². The minimum absolute atomic E-state index is 0.0231. The van der Waals surface area contributed by atoms with E-state index in [1.165, 1.54) is 0 Å². The highest BCUT2D eigenvalue weighted by Gasteiger charge is 2.31. The molecule has 0 saturated heterocycles. The van der Waals surface area contributed by atoms with Gasteiger partial charge in [-0.05, 0) is 17.7 Å². The fourth-order valence-electron chi connectivity index (χ4n) is 3.05. The minimum Gasteiger partial charge on any atom is -0.497 e. The Labute approximate surface area is 134 Å². The van der Waals surface area contributed by atoms with Crippen LogP contribution < -0.4 is 9.47 Å². The van der Waals surface area contributed by atoms with Gasteiger partial charge >= 0.3 is 0 Å². The number of benzene rings is 2. The highest BCUT2D eigenvalue weighted by molar-refractivity contribution is 5.45. The van der Waals surface area contributed by atoms with Gasteiger partial charge in [0.15, 0.2) is 0 Å². The quantitative estimate of drug-likeness (QED) is 0.744. The number of methoxy groups -OCH3 is 1. The number of hydrogen-bond acceptors (Lipinski definition) is 4. The van der Waals surface area contributed by atoms with E-state index in [0.29, 0.717) is 0 Å². The third kappa shape index (κ3) is 2.54. The second-order valence-electron chi connectivity index (χ2n) is 5.55. The number of ether oxygens (including phenoxy) is 2. The zero-order valence-electron chi connectivity index (χ0n) is 12.8. The lowest BCUT2D eigenvalue weighted by molar-refractivity contribution is 0.149. The molecule has 0 amide bonds. The summed E-state index contributed by atoms with van der Waals surface area (Å²) in [6, 6.07) is 16.3. The molecule has 2 aromatic carbocycles. The van der Waals surface area contributed by atoms with E-state index in [9.17, 15) is 0 Å². The van der Waals surface area contributed by atoms with Crippen LogP contribution in [0.15, 0.2) is 61.2 Å². The third-order valence-corrected chi connectivity index (χ3v) is 4.21. The van der Waals surface area contributed by atoms with Crippen molar-refractivity contribution in [2.24, 2.45) is 0 Å². The van der Waals surface area contributed by atoms with E-state index < -0.39 is 0 Å². The number of aromatic nitrogens is 3. The molecule has 2 unspecified atom stereocenters. The SMILES string of the molecule is COc1ccc2c(c1)OC(c1ccccc1)CC2n1cncn1. The number of hydrogen-bond donors (Lipinski definition) is 0. The molecule has 0 saturated carbocycles. The van der Waals surface area contributed by atoms with Crippen LogP contribution in [0.2, 0.25) is 0 Å². The summed E-state index contributed by atoms with van der Waals surface area (Å²) in [6.07, 6.45) is 4.11. The van der Waals surface area contributed by atoms with E-state index in [2.05, 4.69) is 22.2 Å². The summed E-state index contributed by atoms with van der Waals surface area (Å²) in [5.41, 5.74) is 2.26. The molecule has 5 nitrogen and oxygen atoms in total. The molecule has 23 heavy (non-hydrogen) atoms. The van der Waals surface area contributed by atoms with Gasteiger partial charge in [-0.15, -0.1) is 0 Å². The Balaban J connectivity index is 1.78. The summed E-state index contributed by atoms with van der Waals surface area (Å²) in [5, 5.41) is 4.33. The van der Waals surface area contributed by atoms with Crippen LogP contribution in [0.3, 0.4) is 0 Å². The van der Waals surface area contributed by atoms with Gasteiger partial charge in [-0.1, -0.05) is 30.3 Å². The van der Waals surface area contributed by atoms with Crippen LogP contribution in [0.25, 0.3) is 0 Å². The first-order chi connectivity index (χ1) is 11.3. The summed E-state index contributed by atoms with van der Waals surface area (Å²) in [4.78, 5) is 4.09. The van der Waals surface area contributed by atoms with Crippen LogP contribution in [-0.2, 0) is 0 Å². The molecule has 4 rings (SSSR count). The van der Waals surface area contributed by atoms with Crippen molar-refractivity contribution in [1.82, 2.24) is 14.8 Å². The summed E-state index contributed by atoms with van der Waals surface area (Å²) >= 11 is 0. The standard InChI is InChI=1S/C18H17N3O2/c1-22-14-7-8-15-16(21-12-19-11-20-21)10-17(23-18(15)9-14)13-5-3-2-4-6-13/h2-9,11-12,16-17H,10H2,1H3. The van der Waals surface area contributed by atoms with Crippen molar-refractivity contribution in [2.45, 2.75) is 18.6 Å². The number of fused-ring (bicyclic) bond motifs is 1. The van der Waals surface area contributed by atoms with Gasteiger partial charge < -0.3 is 9.47 Å². The molecular weight excluding hydrogens is 290 g/mol. The van der Waals surface area contributed by atoms with Crippen LogP contribution in [-0.4, -0.2) is 21.9 Å². The maximum absolute atomic E-state index is 6.25. The smallest absolute Gasteiger partial charge is 0.137 e. The van der Waals surface area contributed by atoms with Gasteiger partial charge in [0.05, 0.1) is 13.2 Å². The van der Waals surface area contributed by atoms with E-state index in [4.69, 9.17) is 9.47 Å². The Morgan fingerprint density at radius 2 is 2.04 bits per heavy atom. The molecule has 1 aliphatic heterocycles. The zero-order chi connectivity index (χ0) is 15.6. The molecule has 0 bridgehead atoms. The fourth-order valence-corrected chi connectivity index (χ4v) is 3.05. The maximum atomic E-state index is 6.25. The van der Waals surface area contributed by atoms with Crippen LogP contribution in [0.1, 0.15) is 29.7 Å². The maximum Gasteiger partial charge on any atom is 0.137 e. The molecule has 116 valence electrons. The Morgan fingerprint density at radius 3 is 2.78 bits per heavy atom. The molecule has 1 aliphatic rings. The van der Waals surface area contributed by atoms with Crippen molar-refractivity contribution in [3.8, 4) is 11.5 Å². The molecule has 0 fully saturated rings. The van der Waals surface area contributed by atoms with Crippen LogP contribution in [0.4, 0.5) is 0 Å². The van der Waals surface area contributed by atoms with Crippen LogP contribution in [0.5, 0.6) is 11.5 Å².